The van der Waals surface area contributed by atoms with Gasteiger partial charge in [0.15, 0.2) is 12.1 Å². The molecule has 160 valence electrons. The van der Waals surface area contributed by atoms with Gasteiger partial charge in [-0.05, 0) is 42.4 Å². The lowest BCUT2D eigenvalue weighted by Crippen LogP contribution is -2.33. The van der Waals surface area contributed by atoms with Crippen LogP contribution in [-0.4, -0.2) is 24.8 Å². The molecular formula is C24H28FNO2S2. The molecule has 30 heavy (non-hydrogen) atoms. The largest absolute Gasteiger partial charge is 0.461 e. The van der Waals surface area contributed by atoms with Crippen LogP contribution in [0.1, 0.15) is 33.1 Å². The van der Waals surface area contributed by atoms with E-state index in [4.69, 9.17) is 4.74 Å². The molecule has 3 nitrogen and oxygen atoms in total. The maximum absolute atomic E-state index is 13.3. The minimum absolute atomic E-state index is 0.146. The van der Waals surface area contributed by atoms with Crippen molar-refractivity contribution in [1.82, 2.24) is 0 Å². The van der Waals surface area contributed by atoms with Crippen molar-refractivity contribution in [2.24, 2.45) is 5.41 Å². The second-order valence-corrected chi connectivity index (χ2v) is 9.70. The normalized spacial score (nSPS) is 19.2. The van der Waals surface area contributed by atoms with Crippen LogP contribution in [0.4, 0.5) is 15.8 Å². The SMILES string of the molecule is CCCCC1(C)CSc2cc(O/C=C(\F)C=O)c(SC)cc2N(c2ccccc2)C1. The Labute approximate surface area is 187 Å². The van der Waals surface area contributed by atoms with Crippen molar-refractivity contribution in [2.75, 3.05) is 23.5 Å². The first kappa shape index (κ1) is 22.8. The molecule has 2 aromatic rings. The molecule has 1 unspecified atom stereocenters. The van der Waals surface area contributed by atoms with Gasteiger partial charge in [-0.1, -0.05) is 44.9 Å². The number of unbranched alkanes of at least 4 members (excludes halogenated alkanes) is 1. The second kappa shape index (κ2) is 10.4. The number of thioether (sulfide) groups is 2. The van der Waals surface area contributed by atoms with Gasteiger partial charge in [-0.25, -0.2) is 0 Å². The maximum Gasteiger partial charge on any atom is 0.197 e. The van der Waals surface area contributed by atoms with Crippen LogP contribution in [0.2, 0.25) is 0 Å². The number of carbonyl (C=O) groups is 1. The fraction of sp³-hybridized carbons (Fsp3) is 0.375. The standard InChI is InChI=1S/C24H28FNO2S2/c1-4-5-11-24(2)16-26(19-9-7-6-8-10-19)20-12-23(29-3)21(13-22(20)30-17-24)28-15-18(25)14-27/h6-10,12-15H,4-5,11,16-17H2,1-3H3/b18-15-. The number of ether oxygens (including phenoxy) is 1. The summed E-state index contributed by atoms with van der Waals surface area (Å²) in [5.74, 6) is 0.638. The summed E-state index contributed by atoms with van der Waals surface area (Å²) in [6, 6.07) is 14.5. The Kier molecular flexibility index (Phi) is 7.89. The van der Waals surface area contributed by atoms with Gasteiger partial charge in [0.25, 0.3) is 0 Å². The number of aldehydes is 1. The Morgan fingerprint density at radius 1 is 1.33 bits per heavy atom. The first-order chi connectivity index (χ1) is 14.5. The summed E-state index contributed by atoms with van der Waals surface area (Å²) < 4.78 is 18.8. The summed E-state index contributed by atoms with van der Waals surface area (Å²) in [7, 11) is 0. The molecule has 0 spiro atoms. The van der Waals surface area contributed by atoms with E-state index in [1.807, 2.05) is 30.2 Å². The molecular weight excluding hydrogens is 417 g/mol. The molecule has 0 saturated heterocycles. The third kappa shape index (κ3) is 5.41. The summed E-state index contributed by atoms with van der Waals surface area (Å²) in [6.45, 7) is 5.54. The summed E-state index contributed by atoms with van der Waals surface area (Å²) in [4.78, 5) is 15.0. The van der Waals surface area contributed by atoms with Crippen LogP contribution in [0, 0.1) is 5.41 Å². The smallest absolute Gasteiger partial charge is 0.197 e. The fourth-order valence-electron chi connectivity index (χ4n) is 3.61. The lowest BCUT2D eigenvalue weighted by atomic mass is 9.86. The van der Waals surface area contributed by atoms with Gasteiger partial charge in [0.1, 0.15) is 12.0 Å². The van der Waals surface area contributed by atoms with E-state index in [0.717, 1.165) is 39.7 Å². The lowest BCUT2D eigenvalue weighted by molar-refractivity contribution is -0.106. The Hall–Kier alpha value is -1.92. The fourth-order valence-corrected chi connectivity index (χ4v) is 5.40. The van der Waals surface area contributed by atoms with Crippen LogP contribution < -0.4 is 9.64 Å². The number of halogens is 1. The number of hydrogen-bond donors (Lipinski definition) is 0. The van der Waals surface area contributed by atoms with Crippen LogP contribution >= 0.6 is 23.5 Å². The Balaban J connectivity index is 2.06. The molecule has 1 aliphatic rings. The molecule has 6 heteroatoms. The number of anilines is 2. The van der Waals surface area contributed by atoms with Crippen LogP contribution in [-0.2, 0) is 4.79 Å². The van der Waals surface area contributed by atoms with E-state index in [1.54, 1.807) is 11.8 Å². The number of para-hydroxylation sites is 1. The highest BCUT2D eigenvalue weighted by atomic mass is 32.2. The number of fused-ring (bicyclic) bond motifs is 1. The van der Waals surface area contributed by atoms with Crippen molar-refractivity contribution >= 4 is 41.2 Å². The first-order valence-corrected chi connectivity index (χ1v) is 12.4. The van der Waals surface area contributed by atoms with E-state index in [1.165, 1.54) is 19.3 Å². The van der Waals surface area contributed by atoms with E-state index in [9.17, 15) is 9.18 Å². The summed E-state index contributed by atoms with van der Waals surface area (Å²) >= 11 is 3.37. The molecule has 3 rings (SSSR count). The van der Waals surface area contributed by atoms with Gasteiger partial charge in [0.2, 0.25) is 0 Å². The zero-order chi connectivity index (χ0) is 21.6. The number of hydrogen-bond acceptors (Lipinski definition) is 5. The molecule has 1 atom stereocenters. The topological polar surface area (TPSA) is 29.5 Å². The van der Waals surface area contributed by atoms with Gasteiger partial charge < -0.3 is 9.64 Å². The van der Waals surface area contributed by atoms with Crippen molar-refractivity contribution in [3.8, 4) is 5.75 Å². The Bertz CT molecular complexity index is 904. The number of rotatable bonds is 8. The van der Waals surface area contributed by atoms with E-state index in [0.29, 0.717) is 5.75 Å². The summed E-state index contributed by atoms with van der Waals surface area (Å²) in [6.07, 6.45) is 6.54. The quantitative estimate of drug-likeness (QED) is 0.185. The predicted molar refractivity (Wildman–Crippen MR) is 126 cm³/mol. The number of nitrogens with zero attached hydrogens (tertiary/aromatic N) is 1. The van der Waals surface area contributed by atoms with Gasteiger partial charge >= 0.3 is 0 Å². The van der Waals surface area contributed by atoms with Gasteiger partial charge in [0.05, 0.1) is 10.6 Å². The van der Waals surface area contributed by atoms with Crippen LogP contribution in [0.25, 0.3) is 0 Å². The molecule has 2 aromatic carbocycles. The molecule has 1 aliphatic heterocycles. The number of allylic oxidation sites excluding steroid dienone is 1. The molecule has 0 radical (unpaired) electrons. The van der Waals surface area contributed by atoms with Gasteiger partial charge in [-0.15, -0.1) is 23.5 Å². The van der Waals surface area contributed by atoms with Crippen molar-refractivity contribution < 1.29 is 13.9 Å². The average molecular weight is 446 g/mol. The maximum atomic E-state index is 13.3. The molecule has 0 aliphatic carbocycles. The summed E-state index contributed by atoms with van der Waals surface area (Å²) in [5, 5.41) is 0. The lowest BCUT2D eigenvalue weighted by Gasteiger charge is -2.34. The van der Waals surface area contributed by atoms with Crippen molar-refractivity contribution in [2.45, 2.75) is 42.9 Å². The molecule has 1 heterocycles. The first-order valence-electron chi connectivity index (χ1n) is 10.1. The minimum Gasteiger partial charge on any atom is -0.461 e. The Morgan fingerprint density at radius 2 is 2.10 bits per heavy atom. The van der Waals surface area contributed by atoms with Crippen LogP contribution in [0.3, 0.4) is 0 Å². The van der Waals surface area contributed by atoms with E-state index in [-0.39, 0.29) is 11.7 Å². The molecule has 0 aromatic heterocycles. The third-order valence-corrected chi connectivity index (χ3v) is 7.50. The van der Waals surface area contributed by atoms with Gasteiger partial charge in [0, 0.05) is 22.9 Å². The minimum atomic E-state index is -0.928. The molecule has 0 bridgehead atoms. The van der Waals surface area contributed by atoms with Crippen LogP contribution in [0.5, 0.6) is 5.75 Å². The van der Waals surface area contributed by atoms with Crippen LogP contribution in [0.15, 0.2) is 64.3 Å². The monoisotopic (exact) mass is 445 g/mol. The molecule has 0 fully saturated rings. The Morgan fingerprint density at radius 3 is 2.77 bits per heavy atom. The molecule has 0 saturated carbocycles. The number of benzene rings is 2. The van der Waals surface area contributed by atoms with Crippen molar-refractivity contribution in [1.29, 1.82) is 0 Å². The highest BCUT2D eigenvalue weighted by Gasteiger charge is 2.33. The van der Waals surface area contributed by atoms with E-state index in [2.05, 4.69) is 49.1 Å². The van der Waals surface area contributed by atoms with Crippen molar-refractivity contribution in [3.05, 3.63) is 54.6 Å². The zero-order valence-electron chi connectivity index (χ0n) is 17.7. The average Bonchev–Trinajstić information content (AvgIpc) is 2.92. The molecule has 0 N–H and O–H groups in total. The van der Waals surface area contributed by atoms with Gasteiger partial charge in [-0.3, -0.25) is 4.79 Å². The number of carbonyl (C=O) groups excluding carboxylic acids is 1. The van der Waals surface area contributed by atoms with E-state index < -0.39 is 5.83 Å². The van der Waals surface area contributed by atoms with Gasteiger partial charge in [-0.2, -0.15) is 4.39 Å². The highest BCUT2D eigenvalue weighted by Crippen LogP contribution is 2.48. The third-order valence-electron chi connectivity index (χ3n) is 5.26. The second-order valence-electron chi connectivity index (χ2n) is 7.83. The van der Waals surface area contributed by atoms with Crippen molar-refractivity contribution in [3.63, 3.8) is 0 Å². The molecule has 0 amide bonds. The highest BCUT2D eigenvalue weighted by molar-refractivity contribution is 7.99. The zero-order valence-corrected chi connectivity index (χ0v) is 19.3. The predicted octanol–water partition coefficient (Wildman–Crippen LogP) is 7.24. The summed E-state index contributed by atoms with van der Waals surface area (Å²) in [5.41, 5.74) is 2.47. The van der Waals surface area contributed by atoms with E-state index >= 15 is 0 Å².